The molecule has 2 atom stereocenters. The lowest BCUT2D eigenvalue weighted by Crippen LogP contribution is -2.28. The highest BCUT2D eigenvalue weighted by Crippen LogP contribution is 2.47. The molecule has 1 N–H and O–H groups in total. The molecule has 2 aliphatic rings. The molecular weight excluding hydrogens is 436 g/mol. The van der Waals surface area contributed by atoms with Gasteiger partial charge in [0.15, 0.2) is 0 Å². The molecular formula is C19H15F6NO3S. The maximum absolute atomic E-state index is 14.5. The normalized spacial score (nSPS) is 21.5. The van der Waals surface area contributed by atoms with E-state index in [0.717, 1.165) is 12.1 Å². The number of benzene rings is 2. The van der Waals surface area contributed by atoms with Gasteiger partial charge in [-0.3, -0.25) is 0 Å². The number of sulfone groups is 1. The van der Waals surface area contributed by atoms with E-state index in [1.54, 1.807) is 0 Å². The van der Waals surface area contributed by atoms with Crippen LogP contribution in [0.5, 0.6) is 0 Å². The molecule has 1 aliphatic heterocycles. The standard InChI is InChI=1S/C19H15F6NO3S/c20-10-6-9-2-1-5-26(17(9)12(21)7-10)14-3-4-15(30(28,29)19(23,24)25)16-11(14)8-13(22)18(16)27/h3-4,6-7,13,18,27H,1-2,5,8H2. The number of alkyl halides is 4. The smallest absolute Gasteiger partial charge is 0.385 e. The molecule has 1 aliphatic carbocycles. The highest BCUT2D eigenvalue weighted by molar-refractivity contribution is 7.92. The van der Waals surface area contributed by atoms with Crippen molar-refractivity contribution in [3.8, 4) is 0 Å². The topological polar surface area (TPSA) is 57.6 Å². The Kier molecular flexibility index (Phi) is 4.81. The van der Waals surface area contributed by atoms with Crippen LogP contribution >= 0.6 is 0 Å². The fourth-order valence-corrected chi connectivity index (χ4v) is 5.19. The van der Waals surface area contributed by atoms with Gasteiger partial charge in [0.05, 0.1) is 10.6 Å². The van der Waals surface area contributed by atoms with Crippen molar-refractivity contribution >= 4 is 21.2 Å². The number of fused-ring (bicyclic) bond motifs is 2. The van der Waals surface area contributed by atoms with Crippen LogP contribution < -0.4 is 4.90 Å². The Morgan fingerprint density at radius 2 is 1.83 bits per heavy atom. The second-order valence-electron chi connectivity index (χ2n) is 7.24. The van der Waals surface area contributed by atoms with Gasteiger partial charge in [-0.2, -0.15) is 13.2 Å². The van der Waals surface area contributed by atoms with E-state index in [1.165, 1.54) is 4.90 Å². The number of aliphatic hydroxyl groups excluding tert-OH is 1. The SMILES string of the molecule is O=S(=O)(c1ccc(N2CCCc3cc(F)cc(F)c32)c2c1C(O)C(F)C2)C(F)(F)F. The molecule has 0 fully saturated rings. The fraction of sp³-hybridized carbons (Fsp3) is 0.368. The number of hydrogen-bond donors (Lipinski definition) is 1. The van der Waals surface area contributed by atoms with Crippen LogP contribution in [0.25, 0.3) is 0 Å². The summed E-state index contributed by atoms with van der Waals surface area (Å²) in [4.78, 5) is 0.138. The van der Waals surface area contributed by atoms with E-state index in [9.17, 15) is 39.9 Å². The number of aryl methyl sites for hydroxylation is 1. The van der Waals surface area contributed by atoms with Crippen LogP contribution in [-0.2, 0) is 22.7 Å². The third kappa shape index (κ3) is 3.06. The largest absolute Gasteiger partial charge is 0.501 e. The zero-order valence-electron chi connectivity index (χ0n) is 15.2. The molecule has 0 bridgehead atoms. The highest BCUT2D eigenvalue weighted by atomic mass is 32.2. The molecule has 4 nitrogen and oxygen atoms in total. The number of aliphatic hydroxyl groups is 1. The first-order chi connectivity index (χ1) is 13.9. The minimum absolute atomic E-state index is 0.00641. The van der Waals surface area contributed by atoms with Crippen LogP contribution in [0.15, 0.2) is 29.2 Å². The van der Waals surface area contributed by atoms with E-state index in [0.29, 0.717) is 30.5 Å². The van der Waals surface area contributed by atoms with E-state index in [-0.39, 0.29) is 23.5 Å². The number of anilines is 2. The van der Waals surface area contributed by atoms with Gasteiger partial charge in [-0.1, -0.05) is 0 Å². The Bertz CT molecular complexity index is 1130. The molecule has 4 rings (SSSR count). The molecule has 0 spiro atoms. The second-order valence-corrected chi connectivity index (χ2v) is 9.15. The van der Waals surface area contributed by atoms with E-state index >= 15 is 0 Å². The summed E-state index contributed by atoms with van der Waals surface area (Å²) < 4.78 is 106. The van der Waals surface area contributed by atoms with Crippen molar-refractivity contribution in [2.45, 2.75) is 41.9 Å². The van der Waals surface area contributed by atoms with Crippen LogP contribution in [0, 0.1) is 11.6 Å². The molecule has 11 heteroatoms. The van der Waals surface area contributed by atoms with Gasteiger partial charge in [0.2, 0.25) is 0 Å². The summed E-state index contributed by atoms with van der Waals surface area (Å²) in [6.45, 7) is 0.195. The average molecular weight is 451 g/mol. The molecule has 0 saturated heterocycles. The molecule has 2 unspecified atom stereocenters. The summed E-state index contributed by atoms with van der Waals surface area (Å²) in [5.74, 6) is -1.69. The first-order valence-electron chi connectivity index (χ1n) is 8.98. The van der Waals surface area contributed by atoms with Gasteiger partial charge in [-0.25, -0.2) is 21.6 Å². The van der Waals surface area contributed by atoms with Crippen molar-refractivity contribution in [3.63, 3.8) is 0 Å². The second kappa shape index (κ2) is 6.88. The van der Waals surface area contributed by atoms with Gasteiger partial charge in [-0.05, 0) is 42.2 Å². The van der Waals surface area contributed by atoms with Gasteiger partial charge in [-0.15, -0.1) is 0 Å². The molecule has 0 radical (unpaired) electrons. The van der Waals surface area contributed by atoms with E-state index in [1.807, 2.05) is 0 Å². The predicted molar refractivity (Wildman–Crippen MR) is 94.9 cm³/mol. The summed E-state index contributed by atoms with van der Waals surface area (Å²) in [5, 5.41) is 10.1. The molecule has 0 saturated carbocycles. The lowest BCUT2D eigenvalue weighted by molar-refractivity contribution is -0.0437. The maximum Gasteiger partial charge on any atom is 0.501 e. The summed E-state index contributed by atoms with van der Waals surface area (Å²) in [6, 6.07) is 3.49. The third-order valence-electron chi connectivity index (χ3n) is 5.42. The molecule has 30 heavy (non-hydrogen) atoms. The minimum atomic E-state index is -5.85. The Balaban J connectivity index is 1.94. The van der Waals surface area contributed by atoms with Crippen molar-refractivity contribution < 1.29 is 39.9 Å². The van der Waals surface area contributed by atoms with Crippen molar-refractivity contribution in [1.82, 2.24) is 0 Å². The Labute approximate surface area is 167 Å². The zero-order chi connectivity index (χ0) is 22.0. The maximum atomic E-state index is 14.5. The average Bonchev–Trinajstić information content (AvgIpc) is 2.94. The fourth-order valence-electron chi connectivity index (χ4n) is 4.16. The van der Waals surface area contributed by atoms with E-state index in [4.69, 9.17) is 0 Å². The van der Waals surface area contributed by atoms with Gasteiger partial charge >= 0.3 is 5.51 Å². The third-order valence-corrected chi connectivity index (χ3v) is 6.96. The molecule has 0 aromatic heterocycles. The van der Waals surface area contributed by atoms with Crippen molar-refractivity contribution in [2.75, 3.05) is 11.4 Å². The highest BCUT2D eigenvalue weighted by Gasteiger charge is 2.50. The number of hydrogen-bond acceptors (Lipinski definition) is 4. The molecule has 2 aromatic carbocycles. The molecule has 2 aromatic rings. The Hall–Kier alpha value is -2.27. The van der Waals surface area contributed by atoms with E-state index < -0.39 is 56.1 Å². The first kappa shape index (κ1) is 21.0. The van der Waals surface area contributed by atoms with Gasteiger partial charge in [0, 0.05) is 30.3 Å². The quantitative estimate of drug-likeness (QED) is 0.693. The molecule has 0 amide bonds. The summed E-state index contributed by atoms with van der Waals surface area (Å²) in [5.41, 5.74) is -6.05. The predicted octanol–water partition coefficient (Wildman–Crippen LogP) is 4.27. The van der Waals surface area contributed by atoms with E-state index in [2.05, 4.69) is 0 Å². The molecule has 162 valence electrons. The van der Waals surface area contributed by atoms with Crippen LogP contribution in [0.3, 0.4) is 0 Å². The summed E-state index contributed by atoms with van der Waals surface area (Å²) in [7, 11) is -5.85. The lowest BCUT2D eigenvalue weighted by atomic mass is 9.98. The molecule has 1 heterocycles. The Morgan fingerprint density at radius 1 is 1.13 bits per heavy atom. The number of halogens is 6. The minimum Gasteiger partial charge on any atom is -0.385 e. The van der Waals surface area contributed by atoms with Gasteiger partial charge in [0.1, 0.15) is 23.9 Å². The van der Waals surface area contributed by atoms with Crippen molar-refractivity contribution in [3.05, 3.63) is 52.6 Å². The van der Waals surface area contributed by atoms with Crippen LogP contribution in [0.2, 0.25) is 0 Å². The zero-order valence-corrected chi connectivity index (χ0v) is 16.0. The van der Waals surface area contributed by atoms with Crippen LogP contribution in [-0.4, -0.2) is 31.7 Å². The monoisotopic (exact) mass is 451 g/mol. The van der Waals surface area contributed by atoms with Crippen LogP contribution in [0.1, 0.15) is 29.2 Å². The number of rotatable bonds is 2. The Morgan fingerprint density at radius 3 is 2.50 bits per heavy atom. The number of nitrogens with zero attached hydrogens (tertiary/aromatic N) is 1. The van der Waals surface area contributed by atoms with Crippen molar-refractivity contribution in [1.29, 1.82) is 0 Å². The van der Waals surface area contributed by atoms with Gasteiger partial charge < -0.3 is 10.0 Å². The first-order valence-corrected chi connectivity index (χ1v) is 10.5. The van der Waals surface area contributed by atoms with Crippen molar-refractivity contribution in [2.24, 2.45) is 0 Å². The van der Waals surface area contributed by atoms with Crippen LogP contribution in [0.4, 0.5) is 37.7 Å². The summed E-state index contributed by atoms with van der Waals surface area (Å²) >= 11 is 0. The van der Waals surface area contributed by atoms with Gasteiger partial charge in [0.25, 0.3) is 9.84 Å². The lowest BCUT2D eigenvalue weighted by Gasteiger charge is -2.33. The summed E-state index contributed by atoms with van der Waals surface area (Å²) in [6.07, 6.45) is -3.83.